The molecule has 13 atom stereocenters. The number of carbonyl (C=O) groups excluding carboxylic acids is 3. The molecule has 3 heterocycles. The topological polar surface area (TPSA) is 212 Å². The smallest absolute Gasteiger partial charge is 0.339 e. The van der Waals surface area contributed by atoms with E-state index in [1.54, 1.807) is 13.0 Å². The van der Waals surface area contributed by atoms with Gasteiger partial charge in [-0.2, -0.15) is 0 Å². The third kappa shape index (κ3) is 5.12. The van der Waals surface area contributed by atoms with Crippen molar-refractivity contribution in [3.8, 4) is 0 Å². The third-order valence-electron chi connectivity index (χ3n) is 9.53. The number of fused-ring (bicyclic) bond motifs is 3. The molecule has 13 unspecified atom stereocenters. The highest BCUT2D eigenvalue weighted by molar-refractivity contribution is 5.82. The van der Waals surface area contributed by atoms with E-state index in [-0.39, 0.29) is 25.7 Å². The van der Waals surface area contributed by atoms with Crippen LogP contribution in [-0.4, -0.2) is 105 Å². The fraction of sp³-hybridized carbons (Fsp3) is 0.750. The van der Waals surface area contributed by atoms with Crippen molar-refractivity contribution in [2.24, 2.45) is 17.3 Å². The van der Waals surface area contributed by atoms with E-state index < -0.39 is 102 Å². The largest absolute Gasteiger partial charge is 0.472 e. The lowest BCUT2D eigenvalue weighted by atomic mass is 9.47. The molecule has 2 aliphatic heterocycles. The molecule has 0 aromatic carbocycles. The van der Waals surface area contributed by atoms with E-state index in [1.165, 1.54) is 26.4 Å². The number of carbonyl (C=O) groups is 3. The Balaban J connectivity index is 1.56. The van der Waals surface area contributed by atoms with Gasteiger partial charge in [-0.25, -0.2) is 4.79 Å². The zero-order chi connectivity index (χ0) is 30.6. The minimum absolute atomic E-state index is 0.0160. The van der Waals surface area contributed by atoms with Crippen molar-refractivity contribution in [3.63, 3.8) is 0 Å². The first-order valence-electron chi connectivity index (χ1n) is 14.1. The molecule has 4 aliphatic rings. The van der Waals surface area contributed by atoms with Gasteiger partial charge in [0.15, 0.2) is 11.9 Å². The van der Waals surface area contributed by atoms with Gasteiger partial charge in [0.1, 0.15) is 42.7 Å². The Bertz CT molecular complexity index is 1150. The Kier molecular flexibility index (Phi) is 8.44. The number of aliphatic hydroxyl groups excluding tert-OH is 4. The van der Waals surface area contributed by atoms with Crippen LogP contribution in [-0.2, 0) is 38.1 Å². The van der Waals surface area contributed by atoms with Gasteiger partial charge in [0.25, 0.3) is 0 Å². The van der Waals surface area contributed by atoms with E-state index >= 15 is 0 Å². The van der Waals surface area contributed by atoms with Gasteiger partial charge >= 0.3 is 17.9 Å². The zero-order valence-electron chi connectivity index (χ0n) is 23.5. The maximum absolute atomic E-state index is 13.4. The van der Waals surface area contributed by atoms with E-state index in [2.05, 4.69) is 0 Å². The number of ether oxygens (including phenoxy) is 5. The minimum atomic E-state index is -1.99. The number of furan rings is 1. The molecular weight excluding hydrogens is 560 g/mol. The summed E-state index contributed by atoms with van der Waals surface area (Å²) in [5.41, 5.74) is -2.72. The van der Waals surface area contributed by atoms with E-state index in [4.69, 9.17) is 28.1 Å². The number of cyclic esters (lactones) is 1. The number of rotatable bonds is 6. The first-order chi connectivity index (χ1) is 19.8. The predicted molar refractivity (Wildman–Crippen MR) is 136 cm³/mol. The van der Waals surface area contributed by atoms with Gasteiger partial charge in [-0.15, -0.1) is 0 Å². The standard InChI is InChI=1S/C28H38O14/c1-12(30)38-17-8-16(40-25-23(34)22(33)21(32)19(10-29)41-25)15-4-6-28(36)26(35)42-18(14-5-7-37-11-14)9-27(28,3)20(15)24(17)39-13(2)31/h5,7,11,15-25,29,32-34,36H,4,6,8-10H2,1-3H3. The minimum Gasteiger partial charge on any atom is -0.472 e. The first kappa shape index (κ1) is 30.9. The molecular formula is C28H38O14. The SMILES string of the molecule is CC(=O)OC1CC(OC2OC(CO)C(O)C(O)C2O)C2CCC3(O)C(=O)OC(c4ccoc4)CC3(C)C2C1OC(C)=O. The van der Waals surface area contributed by atoms with Crippen molar-refractivity contribution >= 4 is 17.9 Å². The number of hydrogen-bond donors (Lipinski definition) is 5. The first-order valence-corrected chi connectivity index (χ1v) is 14.1. The normalized spacial score (nSPS) is 45.2. The predicted octanol–water partition coefficient (Wildman–Crippen LogP) is -0.517. The van der Waals surface area contributed by atoms with Crippen LogP contribution in [0, 0.1) is 17.3 Å². The van der Waals surface area contributed by atoms with Crippen molar-refractivity contribution in [3.05, 3.63) is 24.2 Å². The van der Waals surface area contributed by atoms with Crippen molar-refractivity contribution in [2.75, 3.05) is 6.61 Å². The van der Waals surface area contributed by atoms with Gasteiger partial charge in [-0.05, 0) is 31.2 Å². The van der Waals surface area contributed by atoms with Crippen LogP contribution in [0.3, 0.4) is 0 Å². The molecule has 1 aromatic rings. The second-order valence-electron chi connectivity index (χ2n) is 12.0. The van der Waals surface area contributed by atoms with E-state index in [1.807, 2.05) is 0 Å². The third-order valence-corrected chi connectivity index (χ3v) is 9.53. The van der Waals surface area contributed by atoms with E-state index in [9.17, 15) is 39.9 Å². The maximum atomic E-state index is 13.4. The van der Waals surface area contributed by atoms with Crippen molar-refractivity contribution in [1.29, 1.82) is 0 Å². The molecule has 1 aromatic heterocycles. The molecule has 2 saturated heterocycles. The monoisotopic (exact) mass is 598 g/mol. The van der Waals surface area contributed by atoms with Crippen LogP contribution in [0.2, 0.25) is 0 Å². The Labute approximate surface area is 241 Å². The summed E-state index contributed by atoms with van der Waals surface area (Å²) in [4.78, 5) is 38.0. The number of aliphatic hydroxyl groups is 5. The van der Waals surface area contributed by atoms with Crippen LogP contribution >= 0.6 is 0 Å². The summed E-state index contributed by atoms with van der Waals surface area (Å²) >= 11 is 0. The van der Waals surface area contributed by atoms with Crippen molar-refractivity contribution in [1.82, 2.24) is 0 Å². The second kappa shape index (κ2) is 11.5. The second-order valence-corrected chi connectivity index (χ2v) is 12.0. The molecule has 14 nitrogen and oxygen atoms in total. The average molecular weight is 599 g/mol. The van der Waals surface area contributed by atoms with Crippen LogP contribution in [0.4, 0.5) is 0 Å². The summed E-state index contributed by atoms with van der Waals surface area (Å²) in [5, 5.41) is 52.8. The van der Waals surface area contributed by atoms with Gasteiger partial charge in [0, 0.05) is 37.2 Å². The summed E-state index contributed by atoms with van der Waals surface area (Å²) in [6.07, 6.45) is -8.38. The van der Waals surface area contributed by atoms with Crippen LogP contribution in [0.15, 0.2) is 23.0 Å². The lowest BCUT2D eigenvalue weighted by Gasteiger charge is -2.62. The van der Waals surface area contributed by atoms with Gasteiger partial charge in [-0.1, -0.05) is 6.92 Å². The zero-order valence-corrected chi connectivity index (χ0v) is 23.5. The van der Waals surface area contributed by atoms with Gasteiger partial charge in [0.2, 0.25) is 0 Å². The molecule has 0 radical (unpaired) electrons. The van der Waals surface area contributed by atoms with Gasteiger partial charge in [-0.3, -0.25) is 9.59 Å². The molecule has 5 N–H and O–H groups in total. The Hall–Kier alpha value is -2.59. The van der Waals surface area contributed by atoms with E-state index in [0.29, 0.717) is 5.56 Å². The van der Waals surface area contributed by atoms with Crippen LogP contribution < -0.4 is 0 Å². The summed E-state index contributed by atoms with van der Waals surface area (Å²) in [6.45, 7) is 3.44. The number of esters is 3. The molecule has 0 spiro atoms. The Morgan fingerprint density at radius 2 is 1.79 bits per heavy atom. The fourth-order valence-corrected chi connectivity index (χ4v) is 7.50. The molecule has 2 aliphatic carbocycles. The fourth-order valence-electron chi connectivity index (χ4n) is 7.50. The molecule has 14 heteroatoms. The highest BCUT2D eigenvalue weighted by Crippen LogP contribution is 2.62. The summed E-state index contributed by atoms with van der Waals surface area (Å²) < 4.78 is 34.1. The molecule has 0 bridgehead atoms. The lowest BCUT2D eigenvalue weighted by molar-refractivity contribution is -0.332. The highest BCUT2D eigenvalue weighted by Gasteiger charge is 2.70. The van der Waals surface area contributed by atoms with Crippen LogP contribution in [0.1, 0.15) is 58.1 Å². The van der Waals surface area contributed by atoms with Gasteiger partial charge < -0.3 is 53.6 Å². The van der Waals surface area contributed by atoms with Crippen LogP contribution in [0.25, 0.3) is 0 Å². The average Bonchev–Trinajstić information content (AvgIpc) is 3.46. The molecule has 5 rings (SSSR count). The molecule has 234 valence electrons. The van der Waals surface area contributed by atoms with E-state index in [0.717, 1.165) is 0 Å². The van der Waals surface area contributed by atoms with Crippen LogP contribution in [0.5, 0.6) is 0 Å². The summed E-state index contributed by atoms with van der Waals surface area (Å²) in [6, 6.07) is 1.64. The van der Waals surface area contributed by atoms with Crippen molar-refractivity contribution < 1.29 is 68.0 Å². The van der Waals surface area contributed by atoms with Gasteiger partial charge in [0.05, 0.1) is 25.2 Å². The maximum Gasteiger partial charge on any atom is 0.339 e. The number of hydrogen-bond acceptors (Lipinski definition) is 14. The molecule has 4 fully saturated rings. The lowest BCUT2D eigenvalue weighted by Crippen LogP contribution is -2.71. The molecule has 0 amide bonds. The summed E-state index contributed by atoms with van der Waals surface area (Å²) in [7, 11) is 0. The highest BCUT2D eigenvalue weighted by atomic mass is 16.7. The van der Waals surface area contributed by atoms with Crippen molar-refractivity contribution in [2.45, 2.75) is 107 Å². The quantitative estimate of drug-likeness (QED) is 0.206. The Morgan fingerprint density at radius 3 is 2.40 bits per heavy atom. The Morgan fingerprint density at radius 1 is 1.07 bits per heavy atom. The molecule has 2 saturated carbocycles. The molecule has 42 heavy (non-hydrogen) atoms. The summed E-state index contributed by atoms with van der Waals surface area (Å²) in [5.74, 6) is -3.53.